The highest BCUT2D eigenvalue weighted by atomic mass is 19.1. The van der Waals surface area contributed by atoms with Crippen LogP contribution >= 0.6 is 0 Å². The molecule has 0 bridgehead atoms. The van der Waals surface area contributed by atoms with Gasteiger partial charge in [0.2, 0.25) is 0 Å². The first kappa shape index (κ1) is 6.06. The first-order chi connectivity index (χ1) is 3.84. The van der Waals surface area contributed by atoms with Crippen LogP contribution < -0.4 is 0 Å². The van der Waals surface area contributed by atoms with Crippen molar-refractivity contribution in [1.82, 2.24) is 0 Å². The van der Waals surface area contributed by atoms with Gasteiger partial charge in [0.05, 0.1) is 0 Å². The summed E-state index contributed by atoms with van der Waals surface area (Å²) in [6.45, 7) is 2.07. The van der Waals surface area contributed by atoms with Crippen LogP contribution in [-0.2, 0) is 0 Å². The first-order valence-corrected chi connectivity index (χ1v) is 3.48. The quantitative estimate of drug-likeness (QED) is 0.494. The molecule has 0 heterocycles. The Morgan fingerprint density at radius 1 is 1.50 bits per heavy atom. The van der Waals surface area contributed by atoms with Crippen molar-refractivity contribution in [1.29, 1.82) is 0 Å². The normalized spacial score (nSPS) is 38.2. The van der Waals surface area contributed by atoms with E-state index in [0.717, 1.165) is 25.7 Å². The van der Waals surface area contributed by atoms with Gasteiger partial charge in [-0.15, -0.1) is 0 Å². The van der Waals surface area contributed by atoms with E-state index in [-0.39, 0.29) is 0 Å². The monoisotopic (exact) mass is 116 g/mol. The lowest BCUT2D eigenvalue weighted by molar-refractivity contribution is 0.258. The predicted octanol–water partition coefficient (Wildman–Crippen LogP) is 2.53. The van der Waals surface area contributed by atoms with Crippen LogP contribution in [-0.4, -0.2) is 6.17 Å². The molecule has 0 N–H and O–H groups in total. The summed E-state index contributed by atoms with van der Waals surface area (Å²) in [5.74, 6) is 0.398. The number of halogens is 1. The maximum atomic E-state index is 12.6. The van der Waals surface area contributed by atoms with Gasteiger partial charge in [-0.1, -0.05) is 19.8 Å². The molecule has 48 valence electrons. The minimum absolute atomic E-state index is 0.398. The van der Waals surface area contributed by atoms with Crippen molar-refractivity contribution in [2.24, 2.45) is 5.92 Å². The molecular formula is C7H13F. The summed E-state index contributed by atoms with van der Waals surface area (Å²) >= 11 is 0. The Balaban J connectivity index is 2.30. The summed E-state index contributed by atoms with van der Waals surface area (Å²) in [6, 6.07) is 0. The lowest BCUT2D eigenvalue weighted by atomic mass is 10.0. The summed E-state index contributed by atoms with van der Waals surface area (Å²) in [6.07, 6.45) is 3.61. The average molecular weight is 116 g/mol. The van der Waals surface area contributed by atoms with Gasteiger partial charge in [-0.2, -0.15) is 0 Å². The third kappa shape index (κ3) is 1.01. The molecule has 0 aromatic rings. The third-order valence-corrected chi connectivity index (χ3v) is 2.09. The van der Waals surface area contributed by atoms with Crippen molar-refractivity contribution in [3.05, 3.63) is 0 Å². The van der Waals surface area contributed by atoms with E-state index >= 15 is 0 Å². The Kier molecular flexibility index (Phi) is 1.87. The molecule has 0 radical (unpaired) electrons. The third-order valence-electron chi connectivity index (χ3n) is 2.09. The van der Waals surface area contributed by atoms with E-state index in [9.17, 15) is 4.39 Å². The van der Waals surface area contributed by atoms with Crippen molar-refractivity contribution in [2.45, 2.75) is 38.8 Å². The van der Waals surface area contributed by atoms with Gasteiger partial charge in [-0.05, 0) is 18.8 Å². The SMILES string of the molecule is CCC1CCCC1F. The fraction of sp³-hybridized carbons (Fsp3) is 1.00. The molecule has 0 spiro atoms. The second-order valence-electron chi connectivity index (χ2n) is 2.62. The van der Waals surface area contributed by atoms with E-state index in [1.807, 2.05) is 0 Å². The maximum Gasteiger partial charge on any atom is 0.103 e. The molecule has 0 saturated heterocycles. The highest BCUT2D eigenvalue weighted by Crippen LogP contribution is 2.30. The molecule has 0 aliphatic heterocycles. The Hall–Kier alpha value is -0.0700. The van der Waals surface area contributed by atoms with Crippen molar-refractivity contribution in [2.75, 3.05) is 0 Å². The first-order valence-electron chi connectivity index (χ1n) is 3.48. The molecule has 8 heavy (non-hydrogen) atoms. The van der Waals surface area contributed by atoms with Gasteiger partial charge in [0.25, 0.3) is 0 Å². The van der Waals surface area contributed by atoms with Gasteiger partial charge in [-0.3, -0.25) is 0 Å². The molecular weight excluding hydrogens is 103 g/mol. The Bertz CT molecular complexity index is 70.8. The highest BCUT2D eigenvalue weighted by molar-refractivity contribution is 4.75. The molecule has 2 unspecified atom stereocenters. The number of alkyl halides is 1. The van der Waals surface area contributed by atoms with Crippen LogP contribution in [0.4, 0.5) is 4.39 Å². The largest absolute Gasteiger partial charge is 0.247 e. The zero-order valence-corrected chi connectivity index (χ0v) is 5.36. The van der Waals surface area contributed by atoms with Crippen molar-refractivity contribution < 1.29 is 4.39 Å². The minimum atomic E-state index is -0.472. The van der Waals surface area contributed by atoms with Gasteiger partial charge < -0.3 is 0 Å². The molecule has 1 fully saturated rings. The van der Waals surface area contributed by atoms with E-state index in [4.69, 9.17) is 0 Å². The smallest absolute Gasteiger partial charge is 0.103 e. The molecule has 2 atom stereocenters. The molecule has 0 nitrogen and oxygen atoms in total. The summed E-state index contributed by atoms with van der Waals surface area (Å²) in [7, 11) is 0. The molecule has 1 saturated carbocycles. The van der Waals surface area contributed by atoms with Crippen LogP contribution in [0.15, 0.2) is 0 Å². The Morgan fingerprint density at radius 2 is 2.25 bits per heavy atom. The van der Waals surface area contributed by atoms with Gasteiger partial charge in [0.1, 0.15) is 6.17 Å². The molecule has 1 rings (SSSR count). The van der Waals surface area contributed by atoms with Crippen LogP contribution in [0.2, 0.25) is 0 Å². The Labute approximate surface area is 50.1 Å². The van der Waals surface area contributed by atoms with Crippen molar-refractivity contribution in [3.63, 3.8) is 0 Å². The highest BCUT2D eigenvalue weighted by Gasteiger charge is 2.24. The van der Waals surface area contributed by atoms with E-state index in [1.165, 1.54) is 0 Å². The number of hydrogen-bond acceptors (Lipinski definition) is 0. The molecule has 0 amide bonds. The van der Waals surface area contributed by atoms with Gasteiger partial charge in [0.15, 0.2) is 0 Å². The van der Waals surface area contributed by atoms with Crippen LogP contribution in [0, 0.1) is 5.92 Å². The lowest BCUT2D eigenvalue weighted by Gasteiger charge is -2.06. The van der Waals surface area contributed by atoms with E-state index < -0.39 is 6.17 Å². The van der Waals surface area contributed by atoms with Gasteiger partial charge in [-0.25, -0.2) is 4.39 Å². The molecule has 1 aliphatic carbocycles. The van der Waals surface area contributed by atoms with E-state index in [0.29, 0.717) is 5.92 Å². The standard InChI is InChI=1S/C7H13F/c1-2-6-4-3-5-7(6)8/h6-7H,2-5H2,1H3. The predicted molar refractivity (Wildman–Crippen MR) is 32.5 cm³/mol. The topological polar surface area (TPSA) is 0 Å². The van der Waals surface area contributed by atoms with E-state index in [2.05, 4.69) is 6.92 Å². The summed E-state index contributed by atoms with van der Waals surface area (Å²) < 4.78 is 12.6. The summed E-state index contributed by atoms with van der Waals surface area (Å²) in [4.78, 5) is 0. The second-order valence-corrected chi connectivity index (χ2v) is 2.62. The van der Waals surface area contributed by atoms with Crippen LogP contribution in [0.1, 0.15) is 32.6 Å². The van der Waals surface area contributed by atoms with E-state index in [1.54, 1.807) is 0 Å². The van der Waals surface area contributed by atoms with Gasteiger partial charge in [0, 0.05) is 0 Å². The van der Waals surface area contributed by atoms with Gasteiger partial charge >= 0.3 is 0 Å². The fourth-order valence-electron chi connectivity index (χ4n) is 1.45. The zero-order chi connectivity index (χ0) is 5.98. The van der Waals surface area contributed by atoms with Crippen LogP contribution in [0.5, 0.6) is 0 Å². The molecule has 1 aliphatic rings. The zero-order valence-electron chi connectivity index (χ0n) is 5.36. The molecule has 0 aromatic heterocycles. The summed E-state index contributed by atoms with van der Waals surface area (Å²) in [5.41, 5.74) is 0. The minimum Gasteiger partial charge on any atom is -0.247 e. The average Bonchev–Trinajstić information content (AvgIpc) is 2.14. The fourth-order valence-corrected chi connectivity index (χ4v) is 1.45. The van der Waals surface area contributed by atoms with Crippen LogP contribution in [0.25, 0.3) is 0 Å². The lowest BCUT2D eigenvalue weighted by Crippen LogP contribution is -2.05. The Morgan fingerprint density at radius 3 is 2.50 bits per heavy atom. The van der Waals surface area contributed by atoms with Crippen molar-refractivity contribution >= 4 is 0 Å². The second kappa shape index (κ2) is 2.47. The number of rotatable bonds is 1. The summed E-state index contributed by atoms with van der Waals surface area (Å²) in [5, 5.41) is 0. The van der Waals surface area contributed by atoms with Crippen LogP contribution in [0.3, 0.4) is 0 Å². The molecule has 1 heteroatoms. The molecule has 0 aromatic carbocycles. The maximum absolute atomic E-state index is 12.6. The number of hydrogen-bond donors (Lipinski definition) is 0. The van der Waals surface area contributed by atoms with Crippen molar-refractivity contribution in [3.8, 4) is 0 Å².